The van der Waals surface area contributed by atoms with Crippen molar-refractivity contribution in [3.63, 3.8) is 0 Å². The van der Waals surface area contributed by atoms with Gasteiger partial charge < -0.3 is 4.57 Å². The number of Topliss-reactive ketones (excluding diaryl/α,β-unsaturated/α-hetero) is 1. The number of imidazole rings is 1. The molecule has 0 atom stereocenters. The zero-order valence-corrected chi connectivity index (χ0v) is 14.8. The number of carbonyl (C=O) groups excluding carboxylic acids is 1. The lowest BCUT2D eigenvalue weighted by Crippen LogP contribution is -2.10. The van der Waals surface area contributed by atoms with Gasteiger partial charge >= 0.3 is 0 Å². The van der Waals surface area contributed by atoms with Crippen LogP contribution in [0, 0.1) is 0 Å². The van der Waals surface area contributed by atoms with Crippen LogP contribution in [0.5, 0.6) is 0 Å². The first-order valence-electron chi connectivity index (χ1n) is 6.20. The minimum Gasteiger partial charge on any atom is -0.323 e. The van der Waals surface area contributed by atoms with E-state index >= 15 is 0 Å². The number of carbonyl (C=O) groups is 1. The lowest BCUT2D eigenvalue weighted by atomic mass is 10.2. The third kappa shape index (κ3) is 3.17. The molecule has 6 heteroatoms. The van der Waals surface area contributed by atoms with Crippen LogP contribution < -0.4 is 0 Å². The Labute approximate surface area is 142 Å². The van der Waals surface area contributed by atoms with Crippen LogP contribution in [-0.4, -0.2) is 15.3 Å². The van der Waals surface area contributed by atoms with Crippen molar-refractivity contribution in [2.75, 3.05) is 0 Å². The van der Waals surface area contributed by atoms with E-state index in [-0.39, 0.29) is 12.3 Å². The van der Waals surface area contributed by atoms with Crippen molar-refractivity contribution in [2.24, 2.45) is 0 Å². The minimum atomic E-state index is 0.0546. The van der Waals surface area contributed by atoms with Gasteiger partial charge in [0.2, 0.25) is 0 Å². The molecular formula is C15H10Br2N2OS. The number of hydrogen-bond donors (Lipinski definition) is 0. The third-order valence-corrected chi connectivity index (χ3v) is 5.36. The van der Waals surface area contributed by atoms with Crippen molar-refractivity contribution in [3.8, 4) is 11.4 Å². The molecule has 0 spiro atoms. The summed E-state index contributed by atoms with van der Waals surface area (Å²) < 4.78 is 3.66. The molecule has 0 aliphatic carbocycles. The van der Waals surface area contributed by atoms with E-state index in [1.165, 1.54) is 11.3 Å². The number of nitrogens with zero attached hydrogens (tertiary/aromatic N) is 2. The molecule has 0 fully saturated rings. The van der Waals surface area contributed by atoms with Crippen molar-refractivity contribution in [1.82, 2.24) is 9.55 Å². The standard InChI is InChI=1S/C15H10Br2N2OS/c16-13-8-11(14(17)21-13)12(20)9-19-7-6-18-15(19)10-4-2-1-3-5-10/h1-8H,9H2. The Morgan fingerprint density at radius 1 is 1.24 bits per heavy atom. The fourth-order valence-electron chi connectivity index (χ4n) is 2.05. The summed E-state index contributed by atoms with van der Waals surface area (Å²) in [4.78, 5) is 16.8. The molecule has 0 unspecified atom stereocenters. The maximum absolute atomic E-state index is 12.4. The number of aromatic nitrogens is 2. The van der Waals surface area contributed by atoms with Gasteiger partial charge in [0.15, 0.2) is 5.78 Å². The van der Waals surface area contributed by atoms with Gasteiger partial charge in [-0.15, -0.1) is 11.3 Å². The Balaban J connectivity index is 1.88. The van der Waals surface area contributed by atoms with Crippen LogP contribution in [-0.2, 0) is 6.54 Å². The molecule has 0 N–H and O–H groups in total. The molecule has 1 aromatic carbocycles. The highest BCUT2D eigenvalue weighted by Gasteiger charge is 2.16. The van der Waals surface area contributed by atoms with Gasteiger partial charge in [-0.25, -0.2) is 4.98 Å². The molecule has 0 bridgehead atoms. The lowest BCUT2D eigenvalue weighted by Gasteiger charge is -2.07. The molecule has 0 radical (unpaired) electrons. The van der Waals surface area contributed by atoms with Crippen LogP contribution in [0.1, 0.15) is 10.4 Å². The molecule has 0 saturated carbocycles. The number of rotatable bonds is 4. The minimum absolute atomic E-state index is 0.0546. The second-order valence-electron chi connectivity index (χ2n) is 4.41. The van der Waals surface area contributed by atoms with Crippen LogP contribution in [0.25, 0.3) is 11.4 Å². The normalized spacial score (nSPS) is 10.8. The first-order chi connectivity index (χ1) is 10.1. The first kappa shape index (κ1) is 14.7. The Bertz CT molecular complexity index is 780. The average molecular weight is 426 g/mol. The number of thiophene rings is 1. The average Bonchev–Trinajstić information content (AvgIpc) is 3.06. The van der Waals surface area contributed by atoms with Gasteiger partial charge in [0.1, 0.15) is 5.82 Å². The fraction of sp³-hybridized carbons (Fsp3) is 0.0667. The van der Waals surface area contributed by atoms with E-state index < -0.39 is 0 Å². The van der Waals surface area contributed by atoms with Crippen molar-refractivity contribution in [3.05, 3.63) is 61.9 Å². The Hall–Kier alpha value is -1.24. The van der Waals surface area contributed by atoms with E-state index in [4.69, 9.17) is 0 Å². The van der Waals surface area contributed by atoms with Gasteiger partial charge in [0.25, 0.3) is 0 Å². The Kier molecular flexibility index (Phi) is 4.37. The smallest absolute Gasteiger partial charge is 0.184 e. The highest BCUT2D eigenvalue weighted by atomic mass is 79.9. The van der Waals surface area contributed by atoms with Gasteiger partial charge in [-0.2, -0.15) is 0 Å². The first-order valence-corrected chi connectivity index (χ1v) is 8.60. The Morgan fingerprint density at radius 3 is 2.67 bits per heavy atom. The van der Waals surface area contributed by atoms with Gasteiger partial charge in [0, 0.05) is 23.5 Å². The second kappa shape index (κ2) is 6.25. The van der Waals surface area contributed by atoms with Crippen LogP contribution in [0.15, 0.2) is 56.4 Å². The summed E-state index contributed by atoms with van der Waals surface area (Å²) in [5.41, 5.74) is 1.69. The molecule has 3 rings (SSSR count). The molecule has 21 heavy (non-hydrogen) atoms. The predicted octanol–water partition coefficient (Wildman–Crippen LogP) is 5.02. The summed E-state index contributed by atoms with van der Waals surface area (Å²) in [5, 5.41) is 0. The monoisotopic (exact) mass is 424 g/mol. The van der Waals surface area contributed by atoms with E-state index in [1.807, 2.05) is 47.2 Å². The van der Waals surface area contributed by atoms with Crippen LogP contribution >= 0.6 is 43.2 Å². The molecule has 3 nitrogen and oxygen atoms in total. The molecule has 3 aromatic rings. The number of benzene rings is 1. The Morgan fingerprint density at radius 2 is 2.00 bits per heavy atom. The molecule has 2 aromatic heterocycles. The zero-order valence-electron chi connectivity index (χ0n) is 10.8. The highest BCUT2D eigenvalue weighted by molar-refractivity contribution is 9.12. The summed E-state index contributed by atoms with van der Waals surface area (Å²) in [7, 11) is 0. The summed E-state index contributed by atoms with van der Waals surface area (Å²) in [6.45, 7) is 0.270. The van der Waals surface area contributed by atoms with E-state index in [9.17, 15) is 4.79 Å². The summed E-state index contributed by atoms with van der Waals surface area (Å²) >= 11 is 8.32. The summed E-state index contributed by atoms with van der Waals surface area (Å²) in [5.74, 6) is 0.855. The van der Waals surface area contributed by atoms with Crippen LogP contribution in [0.2, 0.25) is 0 Å². The quantitative estimate of drug-likeness (QED) is 0.550. The molecule has 106 valence electrons. The van der Waals surface area contributed by atoms with Gasteiger partial charge in [-0.05, 0) is 37.9 Å². The van der Waals surface area contributed by atoms with Crippen molar-refractivity contribution < 1.29 is 4.79 Å². The van der Waals surface area contributed by atoms with E-state index in [2.05, 4.69) is 36.8 Å². The largest absolute Gasteiger partial charge is 0.323 e. The van der Waals surface area contributed by atoms with E-state index in [0.717, 1.165) is 19.0 Å². The maximum atomic E-state index is 12.4. The van der Waals surface area contributed by atoms with Gasteiger partial charge in [-0.3, -0.25) is 4.79 Å². The van der Waals surface area contributed by atoms with Gasteiger partial charge in [-0.1, -0.05) is 30.3 Å². The number of ketones is 1. The summed E-state index contributed by atoms with van der Waals surface area (Å²) in [6, 6.07) is 11.7. The second-order valence-corrected chi connectivity index (χ2v) is 8.16. The van der Waals surface area contributed by atoms with Crippen LogP contribution in [0.3, 0.4) is 0 Å². The van der Waals surface area contributed by atoms with Crippen molar-refractivity contribution >= 4 is 49.0 Å². The SMILES string of the molecule is O=C(Cn1ccnc1-c1ccccc1)c1cc(Br)sc1Br. The molecule has 0 amide bonds. The molecular weight excluding hydrogens is 416 g/mol. The molecule has 0 aliphatic heterocycles. The fourth-order valence-corrected chi connectivity index (χ4v) is 4.91. The van der Waals surface area contributed by atoms with Crippen molar-refractivity contribution in [2.45, 2.75) is 6.54 Å². The lowest BCUT2D eigenvalue weighted by molar-refractivity contribution is 0.0972. The third-order valence-electron chi connectivity index (χ3n) is 3.02. The molecule has 2 heterocycles. The summed E-state index contributed by atoms with van der Waals surface area (Å²) in [6.07, 6.45) is 3.55. The topological polar surface area (TPSA) is 34.9 Å². The van der Waals surface area contributed by atoms with Crippen LogP contribution in [0.4, 0.5) is 0 Å². The maximum Gasteiger partial charge on any atom is 0.184 e. The zero-order chi connectivity index (χ0) is 14.8. The highest BCUT2D eigenvalue weighted by Crippen LogP contribution is 2.32. The van der Waals surface area contributed by atoms with E-state index in [1.54, 1.807) is 6.20 Å². The van der Waals surface area contributed by atoms with E-state index in [0.29, 0.717) is 5.56 Å². The van der Waals surface area contributed by atoms with Crippen molar-refractivity contribution in [1.29, 1.82) is 0 Å². The number of hydrogen-bond acceptors (Lipinski definition) is 3. The molecule has 0 aliphatic rings. The predicted molar refractivity (Wildman–Crippen MR) is 91.7 cm³/mol. The van der Waals surface area contributed by atoms with Gasteiger partial charge in [0.05, 0.1) is 14.1 Å². The molecule has 0 saturated heterocycles. The number of halogens is 2.